The zero-order valence-corrected chi connectivity index (χ0v) is 6.56. The molecule has 1 aromatic heterocycles. The van der Waals surface area contributed by atoms with Crippen LogP contribution < -0.4 is 10.1 Å². The van der Waals surface area contributed by atoms with E-state index in [1.807, 2.05) is 0 Å². The first-order valence-corrected chi connectivity index (χ1v) is 3.69. The van der Waals surface area contributed by atoms with Crippen LogP contribution in [0.25, 0.3) is 0 Å². The van der Waals surface area contributed by atoms with E-state index in [-0.39, 0.29) is 0 Å². The van der Waals surface area contributed by atoms with Crippen molar-refractivity contribution in [1.82, 2.24) is 4.98 Å². The van der Waals surface area contributed by atoms with Crippen molar-refractivity contribution in [2.24, 2.45) is 0 Å². The molecule has 0 saturated heterocycles. The Morgan fingerprint density at radius 3 is 3.23 bits per heavy atom. The summed E-state index contributed by atoms with van der Waals surface area (Å²) in [5.41, 5.74) is 0. The normalized spacial score (nSPS) is 19.7. The van der Waals surface area contributed by atoms with Gasteiger partial charge in [-0.25, -0.2) is 4.98 Å². The van der Waals surface area contributed by atoms with Gasteiger partial charge in [0.2, 0.25) is 6.10 Å². The Balaban J connectivity index is 2.38. The lowest BCUT2D eigenvalue weighted by Gasteiger charge is -2.20. The van der Waals surface area contributed by atoms with Crippen LogP contribution in [0.2, 0.25) is 0 Å². The van der Waals surface area contributed by atoms with Crippen LogP contribution >= 0.6 is 0 Å². The Bertz CT molecular complexity index is 364. The van der Waals surface area contributed by atoms with E-state index in [1.54, 1.807) is 12.1 Å². The highest BCUT2D eigenvalue weighted by Crippen LogP contribution is 2.25. The summed E-state index contributed by atoms with van der Waals surface area (Å²) < 4.78 is 5.05. The summed E-state index contributed by atoms with van der Waals surface area (Å²) in [6, 6.07) is 3.30. The van der Waals surface area contributed by atoms with Crippen LogP contribution in [0.4, 0.5) is 5.82 Å². The largest absolute Gasteiger partial charge is 0.469 e. The summed E-state index contributed by atoms with van der Waals surface area (Å²) in [5, 5.41) is 2.45. The van der Waals surface area contributed by atoms with Crippen LogP contribution in [-0.4, -0.2) is 23.3 Å². The molecule has 2 rings (SSSR count). The molecular weight excluding hydrogens is 172 g/mol. The third-order valence-corrected chi connectivity index (χ3v) is 1.65. The Hall–Kier alpha value is -1.91. The second kappa shape index (κ2) is 2.85. The van der Waals surface area contributed by atoms with Gasteiger partial charge in [0.25, 0.3) is 5.91 Å². The number of anilines is 1. The van der Waals surface area contributed by atoms with Gasteiger partial charge in [-0.05, 0) is 12.1 Å². The number of ether oxygens (including phenoxy) is 1. The lowest BCUT2D eigenvalue weighted by atomic mass is 10.3. The van der Waals surface area contributed by atoms with E-state index in [0.717, 1.165) is 0 Å². The van der Waals surface area contributed by atoms with Gasteiger partial charge >= 0.3 is 0 Å². The topological polar surface area (TPSA) is 68.3 Å². The molecule has 1 unspecified atom stereocenters. The quantitative estimate of drug-likeness (QED) is 0.484. The summed E-state index contributed by atoms with van der Waals surface area (Å²) >= 11 is 0. The van der Waals surface area contributed by atoms with E-state index in [2.05, 4.69) is 10.3 Å². The predicted octanol–water partition coefficient (Wildman–Crippen LogP) is -0.0200. The maximum absolute atomic E-state index is 11.1. The van der Waals surface area contributed by atoms with Crippen LogP contribution in [0, 0.1) is 0 Å². The molecule has 1 amide bonds. The lowest BCUT2D eigenvalue weighted by Crippen LogP contribution is -2.38. The fourth-order valence-corrected chi connectivity index (χ4v) is 1.05. The van der Waals surface area contributed by atoms with Crippen molar-refractivity contribution < 1.29 is 14.3 Å². The van der Waals surface area contributed by atoms with Gasteiger partial charge in [0.05, 0.1) is 0 Å². The van der Waals surface area contributed by atoms with Crippen LogP contribution in [0.15, 0.2) is 18.3 Å². The van der Waals surface area contributed by atoms with Crippen LogP contribution in [-0.2, 0) is 9.59 Å². The molecule has 1 N–H and O–H groups in total. The second-order valence-corrected chi connectivity index (χ2v) is 2.51. The number of hydrogen-bond acceptors (Lipinski definition) is 4. The molecule has 0 saturated carbocycles. The van der Waals surface area contributed by atoms with Gasteiger partial charge in [-0.2, -0.15) is 0 Å². The number of pyridine rings is 1. The van der Waals surface area contributed by atoms with E-state index in [1.165, 1.54) is 6.20 Å². The zero-order chi connectivity index (χ0) is 9.26. The number of carbonyl (C=O) groups excluding carboxylic acids is 2. The van der Waals surface area contributed by atoms with Gasteiger partial charge in [-0.1, -0.05) is 0 Å². The lowest BCUT2D eigenvalue weighted by molar-refractivity contribution is -0.129. The van der Waals surface area contributed by atoms with E-state index >= 15 is 0 Å². The molecule has 0 aromatic carbocycles. The summed E-state index contributed by atoms with van der Waals surface area (Å²) in [6.07, 6.45) is 0.923. The van der Waals surface area contributed by atoms with Crippen molar-refractivity contribution in [1.29, 1.82) is 0 Å². The van der Waals surface area contributed by atoms with E-state index < -0.39 is 12.0 Å². The highest BCUT2D eigenvalue weighted by atomic mass is 16.5. The van der Waals surface area contributed by atoms with Gasteiger partial charge < -0.3 is 10.1 Å². The molecule has 1 aliphatic heterocycles. The molecule has 1 aliphatic rings. The van der Waals surface area contributed by atoms with E-state index in [0.29, 0.717) is 17.9 Å². The molecule has 1 atom stereocenters. The Kier molecular flexibility index (Phi) is 1.70. The van der Waals surface area contributed by atoms with Crippen molar-refractivity contribution in [2.45, 2.75) is 6.10 Å². The highest BCUT2D eigenvalue weighted by Gasteiger charge is 2.27. The summed E-state index contributed by atoms with van der Waals surface area (Å²) in [7, 11) is 0. The minimum absolute atomic E-state index is 0.352. The molecular formula is C8H6N2O3. The Labute approximate surface area is 73.7 Å². The number of nitrogens with zero attached hydrogens (tertiary/aromatic N) is 1. The monoisotopic (exact) mass is 178 g/mol. The molecule has 5 nitrogen and oxygen atoms in total. The van der Waals surface area contributed by atoms with Gasteiger partial charge in [0, 0.05) is 6.20 Å². The molecule has 0 spiro atoms. The van der Waals surface area contributed by atoms with E-state index in [4.69, 9.17) is 4.74 Å². The zero-order valence-electron chi connectivity index (χ0n) is 6.56. The molecule has 13 heavy (non-hydrogen) atoms. The van der Waals surface area contributed by atoms with Crippen LogP contribution in [0.3, 0.4) is 0 Å². The number of amides is 1. The van der Waals surface area contributed by atoms with Crippen molar-refractivity contribution in [3.63, 3.8) is 0 Å². The molecule has 1 aromatic rings. The predicted molar refractivity (Wildman–Crippen MR) is 43.3 cm³/mol. The molecule has 0 aliphatic carbocycles. The number of fused-ring (bicyclic) bond motifs is 1. The fraction of sp³-hybridized carbons (Fsp3) is 0.125. The highest BCUT2D eigenvalue weighted by molar-refractivity contribution is 6.05. The Morgan fingerprint density at radius 1 is 1.62 bits per heavy atom. The standard InChI is InChI=1S/C8H6N2O3/c11-4-6-8(12)10-7-5(13-6)2-1-3-9-7/h1-4,6H,(H,9,10,12). The second-order valence-electron chi connectivity index (χ2n) is 2.51. The van der Waals surface area contributed by atoms with Crippen molar-refractivity contribution in [2.75, 3.05) is 5.32 Å². The Morgan fingerprint density at radius 2 is 2.46 bits per heavy atom. The average molecular weight is 178 g/mol. The number of aromatic nitrogens is 1. The molecule has 0 fully saturated rings. The smallest absolute Gasteiger partial charge is 0.274 e. The molecule has 2 heterocycles. The molecule has 5 heteroatoms. The minimum atomic E-state index is -1.06. The molecule has 0 bridgehead atoms. The van der Waals surface area contributed by atoms with Crippen LogP contribution in [0.5, 0.6) is 5.75 Å². The minimum Gasteiger partial charge on any atom is -0.469 e. The number of carbonyl (C=O) groups is 2. The van der Waals surface area contributed by atoms with E-state index in [9.17, 15) is 9.59 Å². The number of rotatable bonds is 1. The van der Waals surface area contributed by atoms with Gasteiger partial charge in [0.1, 0.15) is 0 Å². The first kappa shape index (κ1) is 7.72. The fourth-order valence-electron chi connectivity index (χ4n) is 1.05. The van der Waals surface area contributed by atoms with Crippen molar-refractivity contribution in [3.8, 4) is 5.75 Å². The average Bonchev–Trinajstić information content (AvgIpc) is 2.17. The first-order valence-electron chi connectivity index (χ1n) is 3.69. The maximum Gasteiger partial charge on any atom is 0.274 e. The summed E-state index contributed by atoms with van der Waals surface area (Å²) in [5.74, 6) is 0.283. The maximum atomic E-state index is 11.1. The number of nitrogens with one attached hydrogen (secondary N) is 1. The molecule has 0 radical (unpaired) electrons. The van der Waals surface area contributed by atoms with Crippen molar-refractivity contribution >= 4 is 18.0 Å². The number of hydrogen-bond donors (Lipinski definition) is 1. The number of aldehydes is 1. The first-order chi connectivity index (χ1) is 6.31. The van der Waals surface area contributed by atoms with Gasteiger partial charge in [-0.3, -0.25) is 9.59 Å². The third kappa shape index (κ3) is 1.24. The van der Waals surface area contributed by atoms with Gasteiger partial charge in [0.15, 0.2) is 17.9 Å². The third-order valence-electron chi connectivity index (χ3n) is 1.65. The van der Waals surface area contributed by atoms with Gasteiger partial charge in [-0.15, -0.1) is 0 Å². The summed E-state index contributed by atoms with van der Waals surface area (Å²) in [6.45, 7) is 0. The SMILES string of the molecule is O=CC1Oc2cccnc2NC1=O. The molecule has 66 valence electrons. The van der Waals surface area contributed by atoms with Crippen LogP contribution in [0.1, 0.15) is 0 Å². The van der Waals surface area contributed by atoms with Crippen molar-refractivity contribution in [3.05, 3.63) is 18.3 Å². The summed E-state index contributed by atoms with van der Waals surface area (Å²) in [4.78, 5) is 25.3.